The van der Waals surface area contributed by atoms with Crippen LogP contribution in [0.15, 0.2) is 77.8 Å². The molecular formula is C30H36N4O3S. The number of amides is 1. The monoisotopic (exact) mass is 532 g/mol. The third-order valence-electron chi connectivity index (χ3n) is 6.55. The summed E-state index contributed by atoms with van der Waals surface area (Å²) in [5.74, 6) is -0.904. The van der Waals surface area contributed by atoms with Crippen LogP contribution >= 0.6 is 0 Å². The van der Waals surface area contributed by atoms with Crippen LogP contribution in [-0.4, -0.2) is 43.8 Å². The van der Waals surface area contributed by atoms with E-state index >= 15 is 0 Å². The van der Waals surface area contributed by atoms with Crippen LogP contribution in [0, 0.1) is 0 Å². The first kappa shape index (κ1) is 27.5. The molecule has 1 aliphatic heterocycles. The highest BCUT2D eigenvalue weighted by molar-refractivity contribution is 7.92. The number of nitrogens with zero attached hydrogens (tertiary/aromatic N) is 2. The molecule has 38 heavy (non-hydrogen) atoms. The zero-order valence-corrected chi connectivity index (χ0v) is 23.1. The first-order valence-electron chi connectivity index (χ1n) is 13.2. The molecule has 1 heterocycles. The second-order valence-corrected chi connectivity index (χ2v) is 11.5. The third kappa shape index (κ3) is 6.68. The fourth-order valence-electron chi connectivity index (χ4n) is 4.73. The van der Waals surface area contributed by atoms with Gasteiger partial charge in [0.05, 0.1) is 17.2 Å². The molecule has 0 spiro atoms. The van der Waals surface area contributed by atoms with E-state index in [4.69, 9.17) is 4.99 Å². The van der Waals surface area contributed by atoms with Crippen molar-refractivity contribution in [2.45, 2.75) is 46.1 Å². The van der Waals surface area contributed by atoms with Gasteiger partial charge in [-0.25, -0.2) is 8.42 Å². The normalized spacial score (nSPS) is 15.4. The van der Waals surface area contributed by atoms with Crippen molar-refractivity contribution in [1.29, 1.82) is 0 Å². The Morgan fingerprint density at radius 1 is 0.947 bits per heavy atom. The highest BCUT2D eigenvalue weighted by Gasteiger charge is 2.35. The fourth-order valence-corrected chi connectivity index (χ4v) is 5.36. The van der Waals surface area contributed by atoms with Crippen LogP contribution < -0.4 is 10.0 Å². The number of hydrogen-bond donors (Lipinski definition) is 2. The molecule has 0 radical (unpaired) electrons. The Morgan fingerprint density at radius 3 is 2.26 bits per heavy atom. The average Bonchev–Trinajstić information content (AvgIpc) is 3.23. The smallest absolute Gasteiger partial charge is 0.238 e. The minimum Gasteiger partial charge on any atom is -0.325 e. The van der Waals surface area contributed by atoms with E-state index < -0.39 is 15.9 Å². The van der Waals surface area contributed by atoms with Crippen LogP contribution in [0.5, 0.6) is 0 Å². The van der Waals surface area contributed by atoms with E-state index in [0.29, 0.717) is 22.6 Å². The summed E-state index contributed by atoms with van der Waals surface area (Å²) in [7, 11) is -3.45. The maximum absolute atomic E-state index is 13.3. The number of anilines is 2. The second kappa shape index (κ2) is 12.4. The average molecular weight is 533 g/mol. The van der Waals surface area contributed by atoms with Crippen LogP contribution in [0.25, 0.3) is 0 Å². The van der Waals surface area contributed by atoms with E-state index in [1.165, 1.54) is 5.56 Å². The first-order valence-corrected chi connectivity index (χ1v) is 14.9. The highest BCUT2D eigenvalue weighted by Crippen LogP contribution is 2.38. The molecule has 2 N–H and O–H groups in total. The van der Waals surface area contributed by atoms with Crippen molar-refractivity contribution >= 4 is 38.7 Å². The van der Waals surface area contributed by atoms with Gasteiger partial charge >= 0.3 is 0 Å². The highest BCUT2D eigenvalue weighted by atomic mass is 32.2. The summed E-state index contributed by atoms with van der Waals surface area (Å²) in [6, 6.07) is 22.9. The van der Waals surface area contributed by atoms with E-state index in [0.717, 1.165) is 43.7 Å². The number of hydrogen-bond acceptors (Lipinski definition) is 5. The zero-order chi connectivity index (χ0) is 27.1. The molecule has 3 aromatic carbocycles. The van der Waals surface area contributed by atoms with Crippen molar-refractivity contribution in [1.82, 2.24) is 4.90 Å². The summed E-state index contributed by atoms with van der Waals surface area (Å²) < 4.78 is 26.9. The molecule has 7 nitrogen and oxygen atoms in total. The molecule has 0 fully saturated rings. The van der Waals surface area contributed by atoms with E-state index in [1.807, 2.05) is 42.5 Å². The molecule has 3 aromatic rings. The Morgan fingerprint density at radius 2 is 1.63 bits per heavy atom. The molecule has 8 heteroatoms. The maximum Gasteiger partial charge on any atom is 0.238 e. The molecule has 1 aliphatic rings. The quantitative estimate of drug-likeness (QED) is 0.283. The summed E-state index contributed by atoms with van der Waals surface area (Å²) in [5.41, 5.74) is 5.21. The summed E-state index contributed by atoms with van der Waals surface area (Å²) in [6.07, 6.45) is 2.24. The van der Waals surface area contributed by atoms with Crippen LogP contribution in [0.3, 0.4) is 0 Å². The lowest BCUT2D eigenvalue weighted by Gasteiger charge is -2.21. The summed E-state index contributed by atoms with van der Waals surface area (Å²) in [4.78, 5) is 20.7. The van der Waals surface area contributed by atoms with Gasteiger partial charge in [0.15, 0.2) is 0 Å². The van der Waals surface area contributed by atoms with Gasteiger partial charge in [0.1, 0.15) is 5.92 Å². The number of fused-ring (bicyclic) bond motifs is 1. The Bertz CT molecular complexity index is 1380. The molecule has 4 rings (SSSR count). The minimum absolute atomic E-state index is 0.0357. The van der Waals surface area contributed by atoms with E-state index in [-0.39, 0.29) is 11.7 Å². The van der Waals surface area contributed by atoms with Gasteiger partial charge in [-0.3, -0.25) is 19.4 Å². The van der Waals surface area contributed by atoms with Gasteiger partial charge in [-0.05, 0) is 79.9 Å². The number of benzene rings is 3. The molecular weight excluding hydrogens is 496 g/mol. The Kier molecular flexibility index (Phi) is 8.97. The maximum atomic E-state index is 13.3. The minimum atomic E-state index is -3.45. The molecule has 0 saturated carbocycles. The Balaban J connectivity index is 1.70. The van der Waals surface area contributed by atoms with Gasteiger partial charge in [0, 0.05) is 17.9 Å². The third-order valence-corrected chi connectivity index (χ3v) is 7.86. The predicted octanol–water partition coefficient (Wildman–Crippen LogP) is 5.93. The molecule has 0 aromatic heterocycles. The lowest BCUT2D eigenvalue weighted by atomic mass is 9.90. The number of rotatable bonds is 12. The molecule has 1 amide bonds. The van der Waals surface area contributed by atoms with Crippen molar-refractivity contribution in [2.75, 3.05) is 28.9 Å². The van der Waals surface area contributed by atoms with E-state index in [9.17, 15) is 13.2 Å². The molecule has 200 valence electrons. The van der Waals surface area contributed by atoms with Gasteiger partial charge in [-0.2, -0.15) is 0 Å². The zero-order valence-electron chi connectivity index (χ0n) is 22.3. The number of carbonyl (C=O) groups is 1. The molecule has 0 aliphatic carbocycles. The first-order chi connectivity index (χ1) is 18.3. The summed E-state index contributed by atoms with van der Waals surface area (Å²) in [5, 5.41) is 2.94. The lowest BCUT2D eigenvalue weighted by molar-refractivity contribution is -0.115. The predicted molar refractivity (Wildman–Crippen MR) is 156 cm³/mol. The van der Waals surface area contributed by atoms with Crippen LogP contribution in [0.4, 0.5) is 17.1 Å². The number of sulfonamides is 1. The molecule has 0 saturated heterocycles. The lowest BCUT2D eigenvalue weighted by Crippen LogP contribution is -2.24. The van der Waals surface area contributed by atoms with Gasteiger partial charge in [-0.15, -0.1) is 0 Å². The van der Waals surface area contributed by atoms with Crippen molar-refractivity contribution in [3.05, 3.63) is 89.5 Å². The Hall–Kier alpha value is -3.49. The number of aliphatic imine (C=N–C) groups is 1. The van der Waals surface area contributed by atoms with Crippen LogP contribution in [-0.2, 0) is 21.4 Å². The van der Waals surface area contributed by atoms with Gasteiger partial charge < -0.3 is 5.32 Å². The fraction of sp³-hybridized carbons (Fsp3) is 0.333. The standard InChI is InChI=1S/C30H36N4O3S/c1-4-18-34(19-5-2)21-22-12-14-24(15-13-22)31-29(23-10-8-7-9-11-23)28-26-20-25(33-38(36,37)6-3)16-17-27(26)32-30(28)35/h7-17,20,28,33H,4-6,18-19,21H2,1-3H3,(H,32,35). The van der Waals surface area contributed by atoms with Crippen LogP contribution in [0.1, 0.15) is 56.2 Å². The number of nitrogens with one attached hydrogen (secondary N) is 2. The largest absolute Gasteiger partial charge is 0.325 e. The number of carbonyl (C=O) groups excluding carboxylic acids is 1. The summed E-state index contributed by atoms with van der Waals surface area (Å²) >= 11 is 0. The van der Waals surface area contributed by atoms with E-state index in [2.05, 4.69) is 40.9 Å². The van der Waals surface area contributed by atoms with Crippen molar-refractivity contribution < 1.29 is 13.2 Å². The van der Waals surface area contributed by atoms with Gasteiger partial charge in [0.2, 0.25) is 15.9 Å². The van der Waals surface area contributed by atoms with E-state index in [1.54, 1.807) is 25.1 Å². The SMILES string of the molecule is CCCN(CCC)Cc1ccc(N=C(c2ccccc2)C2C(=O)Nc3ccc(NS(=O)(=O)CC)cc32)cc1. The van der Waals surface area contributed by atoms with Crippen molar-refractivity contribution in [3.63, 3.8) is 0 Å². The molecule has 1 atom stereocenters. The Labute approximate surface area is 226 Å². The van der Waals surface area contributed by atoms with Crippen molar-refractivity contribution in [2.24, 2.45) is 4.99 Å². The van der Waals surface area contributed by atoms with Crippen LogP contribution in [0.2, 0.25) is 0 Å². The molecule has 0 bridgehead atoms. The van der Waals surface area contributed by atoms with Crippen molar-refractivity contribution in [3.8, 4) is 0 Å². The van der Waals surface area contributed by atoms with Gasteiger partial charge in [-0.1, -0.05) is 56.3 Å². The molecule has 1 unspecified atom stereocenters. The second-order valence-electron chi connectivity index (χ2n) is 9.54. The topological polar surface area (TPSA) is 90.9 Å². The summed E-state index contributed by atoms with van der Waals surface area (Å²) in [6.45, 7) is 9.01. The van der Waals surface area contributed by atoms with Gasteiger partial charge in [0.25, 0.3) is 0 Å².